The molecule has 14 heavy (non-hydrogen) atoms. The van der Waals surface area contributed by atoms with Crippen molar-refractivity contribution in [1.29, 1.82) is 0 Å². The smallest absolute Gasteiger partial charge is 0.258 e. The Hall–Kier alpha value is -1.32. The molecule has 0 aliphatic heterocycles. The molecule has 0 saturated heterocycles. The van der Waals surface area contributed by atoms with Crippen LogP contribution in [0.2, 0.25) is 0 Å². The van der Waals surface area contributed by atoms with E-state index in [2.05, 4.69) is 0 Å². The van der Waals surface area contributed by atoms with E-state index in [4.69, 9.17) is 4.52 Å². The lowest BCUT2D eigenvalue weighted by Gasteiger charge is -1.89. The van der Waals surface area contributed by atoms with E-state index in [9.17, 15) is 14.7 Å². The highest BCUT2D eigenvalue weighted by Crippen LogP contribution is 2.22. The molecule has 0 amide bonds. The Morgan fingerprint density at radius 2 is 2.00 bits per heavy atom. The summed E-state index contributed by atoms with van der Waals surface area (Å²) in [5, 5.41) is 10.8. The standard InChI is InChI=1S/C8H9NO4P/c1-2-13-14(12)8-5-3-7(4-6-8)9(10)11/h3-6H,2H2,1H3/q+1. The van der Waals surface area contributed by atoms with E-state index >= 15 is 0 Å². The van der Waals surface area contributed by atoms with Crippen LogP contribution in [0, 0.1) is 10.1 Å². The van der Waals surface area contributed by atoms with Gasteiger partial charge in [0.1, 0.15) is 6.61 Å². The van der Waals surface area contributed by atoms with Crippen LogP contribution >= 0.6 is 8.03 Å². The van der Waals surface area contributed by atoms with Gasteiger partial charge in [-0.1, -0.05) is 0 Å². The van der Waals surface area contributed by atoms with Crippen LogP contribution in [0.5, 0.6) is 0 Å². The molecule has 0 saturated carbocycles. The fourth-order valence-electron chi connectivity index (χ4n) is 0.888. The molecule has 0 aromatic heterocycles. The summed E-state index contributed by atoms with van der Waals surface area (Å²) in [6.07, 6.45) is 0. The first-order chi connectivity index (χ1) is 6.65. The second kappa shape index (κ2) is 4.79. The fraction of sp³-hybridized carbons (Fsp3) is 0.250. The molecule has 5 nitrogen and oxygen atoms in total. The van der Waals surface area contributed by atoms with Crippen molar-refractivity contribution in [2.24, 2.45) is 0 Å². The molecule has 0 spiro atoms. The zero-order chi connectivity index (χ0) is 10.6. The number of nitrogens with zero attached hydrogens (tertiary/aromatic N) is 1. The van der Waals surface area contributed by atoms with Crippen molar-refractivity contribution in [2.75, 3.05) is 6.61 Å². The summed E-state index contributed by atoms with van der Waals surface area (Å²) in [7, 11) is -1.88. The Labute approximate surface area is 81.7 Å². The van der Waals surface area contributed by atoms with E-state index in [-0.39, 0.29) is 5.69 Å². The predicted octanol–water partition coefficient (Wildman–Crippen LogP) is 2.00. The lowest BCUT2D eigenvalue weighted by molar-refractivity contribution is -0.384. The van der Waals surface area contributed by atoms with Gasteiger partial charge in [0.25, 0.3) is 5.69 Å². The lowest BCUT2D eigenvalue weighted by Crippen LogP contribution is -1.98. The van der Waals surface area contributed by atoms with E-state index in [1.54, 1.807) is 6.92 Å². The third kappa shape index (κ3) is 2.58. The van der Waals surface area contributed by atoms with Crippen LogP contribution in [0.15, 0.2) is 24.3 Å². The van der Waals surface area contributed by atoms with Gasteiger partial charge in [0.15, 0.2) is 0 Å². The summed E-state index contributed by atoms with van der Waals surface area (Å²) in [6.45, 7) is 2.09. The van der Waals surface area contributed by atoms with Crippen molar-refractivity contribution in [3.8, 4) is 0 Å². The van der Waals surface area contributed by atoms with E-state index in [0.29, 0.717) is 11.9 Å². The van der Waals surface area contributed by atoms with Crippen molar-refractivity contribution in [2.45, 2.75) is 6.92 Å². The van der Waals surface area contributed by atoms with Crippen LogP contribution in [-0.4, -0.2) is 11.5 Å². The van der Waals surface area contributed by atoms with Gasteiger partial charge in [0.05, 0.1) is 4.92 Å². The van der Waals surface area contributed by atoms with Crippen molar-refractivity contribution >= 4 is 19.0 Å². The van der Waals surface area contributed by atoms with E-state index in [1.807, 2.05) is 0 Å². The molecule has 0 fully saturated rings. The second-order valence-corrected chi connectivity index (χ2v) is 3.74. The van der Waals surface area contributed by atoms with Gasteiger partial charge in [0.2, 0.25) is 5.30 Å². The van der Waals surface area contributed by atoms with Crippen LogP contribution in [0.4, 0.5) is 5.69 Å². The molecule has 74 valence electrons. The quantitative estimate of drug-likeness (QED) is 0.436. The molecule has 1 rings (SSSR count). The number of hydrogen-bond acceptors (Lipinski definition) is 4. The molecule has 1 aromatic carbocycles. The van der Waals surface area contributed by atoms with Crippen molar-refractivity contribution in [3.63, 3.8) is 0 Å². The molecule has 0 aliphatic carbocycles. The highest BCUT2D eigenvalue weighted by Gasteiger charge is 2.21. The van der Waals surface area contributed by atoms with Crippen molar-refractivity contribution < 1.29 is 14.0 Å². The number of benzene rings is 1. The monoisotopic (exact) mass is 214 g/mol. The van der Waals surface area contributed by atoms with E-state index in [1.165, 1.54) is 24.3 Å². The molecule has 0 aliphatic rings. The first-order valence-electron chi connectivity index (χ1n) is 3.99. The molecular weight excluding hydrogens is 205 g/mol. The summed E-state index contributed by atoms with van der Waals surface area (Å²) < 4.78 is 16.1. The number of non-ortho nitro benzene ring substituents is 1. The van der Waals surface area contributed by atoms with Gasteiger partial charge in [-0.15, -0.1) is 4.52 Å². The van der Waals surface area contributed by atoms with Gasteiger partial charge >= 0.3 is 8.03 Å². The molecule has 0 N–H and O–H groups in total. The molecular formula is C8H9NO4P+. The zero-order valence-electron chi connectivity index (χ0n) is 7.54. The minimum absolute atomic E-state index is 0.0198. The number of nitro benzene ring substituents is 1. The maximum atomic E-state index is 11.3. The molecule has 1 atom stereocenters. The Balaban J connectivity index is 2.83. The average molecular weight is 214 g/mol. The first kappa shape index (κ1) is 10.8. The van der Waals surface area contributed by atoms with Gasteiger partial charge < -0.3 is 0 Å². The highest BCUT2D eigenvalue weighted by atomic mass is 31.1. The maximum absolute atomic E-state index is 11.3. The van der Waals surface area contributed by atoms with Gasteiger partial charge in [-0.3, -0.25) is 10.1 Å². The Morgan fingerprint density at radius 3 is 2.43 bits per heavy atom. The van der Waals surface area contributed by atoms with Gasteiger partial charge in [-0.05, 0) is 11.5 Å². The topological polar surface area (TPSA) is 69.4 Å². The molecule has 1 aromatic rings. The Kier molecular flexibility index (Phi) is 3.68. The maximum Gasteiger partial charge on any atom is 0.548 e. The Morgan fingerprint density at radius 1 is 1.43 bits per heavy atom. The molecule has 0 radical (unpaired) electrons. The zero-order valence-corrected chi connectivity index (χ0v) is 8.44. The van der Waals surface area contributed by atoms with E-state index < -0.39 is 13.0 Å². The minimum Gasteiger partial charge on any atom is -0.258 e. The summed E-state index contributed by atoms with van der Waals surface area (Å²) in [5.41, 5.74) is -0.0198. The third-order valence-corrected chi connectivity index (χ3v) is 2.73. The lowest BCUT2D eigenvalue weighted by atomic mass is 10.3. The molecule has 1 unspecified atom stereocenters. The predicted molar refractivity (Wildman–Crippen MR) is 52.0 cm³/mol. The minimum atomic E-state index is -1.88. The number of rotatable bonds is 4. The third-order valence-electron chi connectivity index (χ3n) is 1.52. The SMILES string of the molecule is CCO[P+](=O)c1ccc([N+](=O)[O-])cc1. The average Bonchev–Trinajstić information content (AvgIpc) is 2.18. The van der Waals surface area contributed by atoms with Crippen molar-refractivity contribution in [3.05, 3.63) is 34.4 Å². The summed E-state index contributed by atoms with van der Waals surface area (Å²) in [4.78, 5) is 9.81. The van der Waals surface area contributed by atoms with Gasteiger partial charge in [-0.25, -0.2) is 0 Å². The Bertz CT molecular complexity index is 349. The van der Waals surface area contributed by atoms with Crippen LogP contribution in [-0.2, 0) is 9.09 Å². The van der Waals surface area contributed by atoms with Crippen molar-refractivity contribution in [1.82, 2.24) is 0 Å². The summed E-state index contributed by atoms with van der Waals surface area (Å²) in [6, 6.07) is 5.49. The largest absolute Gasteiger partial charge is 0.548 e. The van der Waals surface area contributed by atoms with Crippen LogP contribution in [0.1, 0.15) is 6.92 Å². The van der Waals surface area contributed by atoms with Crippen LogP contribution in [0.3, 0.4) is 0 Å². The molecule has 0 heterocycles. The number of hydrogen-bond donors (Lipinski definition) is 0. The van der Waals surface area contributed by atoms with E-state index in [0.717, 1.165) is 0 Å². The summed E-state index contributed by atoms with van der Waals surface area (Å²) >= 11 is 0. The molecule has 0 bridgehead atoms. The fourth-order valence-corrected chi connectivity index (χ4v) is 1.66. The molecule has 6 heteroatoms. The second-order valence-electron chi connectivity index (χ2n) is 2.45. The first-order valence-corrected chi connectivity index (χ1v) is 5.17. The number of nitro groups is 1. The van der Waals surface area contributed by atoms with Gasteiger partial charge in [-0.2, -0.15) is 0 Å². The normalized spacial score (nSPS) is 11.1. The van der Waals surface area contributed by atoms with Crippen LogP contribution < -0.4 is 5.30 Å². The van der Waals surface area contributed by atoms with Gasteiger partial charge in [0, 0.05) is 24.3 Å². The highest BCUT2D eigenvalue weighted by molar-refractivity contribution is 7.48. The van der Waals surface area contributed by atoms with Crippen LogP contribution in [0.25, 0.3) is 0 Å². The summed E-state index contributed by atoms with van der Waals surface area (Å²) in [5.74, 6) is 0.